The molecule has 0 radical (unpaired) electrons. The highest BCUT2D eigenvalue weighted by atomic mass is 19.1. The van der Waals surface area contributed by atoms with E-state index >= 15 is 0 Å². The monoisotopic (exact) mass is 209 g/mol. The van der Waals surface area contributed by atoms with E-state index < -0.39 is 0 Å². The molecule has 1 unspecified atom stereocenters. The van der Waals surface area contributed by atoms with Gasteiger partial charge in [0.15, 0.2) is 0 Å². The van der Waals surface area contributed by atoms with E-state index in [1.807, 2.05) is 6.07 Å². The molecule has 0 saturated carbocycles. The van der Waals surface area contributed by atoms with E-state index in [-0.39, 0.29) is 5.82 Å². The number of anilines is 1. The largest absolute Gasteiger partial charge is 0.381 e. The van der Waals surface area contributed by atoms with Crippen molar-refractivity contribution in [3.63, 3.8) is 0 Å². The van der Waals surface area contributed by atoms with E-state index in [4.69, 9.17) is 4.74 Å². The highest BCUT2D eigenvalue weighted by Crippen LogP contribution is 2.18. The first-order valence-corrected chi connectivity index (χ1v) is 5.45. The van der Waals surface area contributed by atoms with E-state index in [1.165, 1.54) is 6.07 Å². The van der Waals surface area contributed by atoms with Crippen LogP contribution >= 0.6 is 0 Å². The van der Waals surface area contributed by atoms with Gasteiger partial charge < -0.3 is 10.1 Å². The van der Waals surface area contributed by atoms with Crippen LogP contribution in [0.3, 0.4) is 0 Å². The van der Waals surface area contributed by atoms with Crippen LogP contribution in [0.15, 0.2) is 24.3 Å². The fraction of sp³-hybridized carbons (Fsp3) is 0.500. The summed E-state index contributed by atoms with van der Waals surface area (Å²) in [5.74, 6) is -0.178. The van der Waals surface area contributed by atoms with Crippen LogP contribution < -0.4 is 5.32 Å². The van der Waals surface area contributed by atoms with Crippen LogP contribution in [-0.4, -0.2) is 19.3 Å². The molecule has 82 valence electrons. The Hall–Kier alpha value is -1.09. The van der Waals surface area contributed by atoms with E-state index in [0.29, 0.717) is 11.7 Å². The molecule has 0 spiro atoms. The lowest BCUT2D eigenvalue weighted by molar-refractivity contribution is 0.144. The maximum Gasteiger partial charge on any atom is 0.146 e. The molecule has 0 aliphatic carbocycles. The molecule has 2 rings (SSSR count). The molecule has 0 bridgehead atoms. The first-order chi connectivity index (χ1) is 7.36. The summed E-state index contributed by atoms with van der Waals surface area (Å²) in [5.41, 5.74) is 0.601. The van der Waals surface area contributed by atoms with Gasteiger partial charge in [-0.25, -0.2) is 4.39 Å². The van der Waals surface area contributed by atoms with Gasteiger partial charge in [0, 0.05) is 19.3 Å². The highest BCUT2D eigenvalue weighted by Gasteiger charge is 2.13. The summed E-state index contributed by atoms with van der Waals surface area (Å²) in [7, 11) is 0. The molecule has 1 aliphatic rings. The molecule has 1 N–H and O–H groups in total. The summed E-state index contributed by atoms with van der Waals surface area (Å²) in [6.45, 7) is 1.60. The molecule has 15 heavy (non-hydrogen) atoms. The van der Waals surface area contributed by atoms with Crippen LogP contribution in [0.25, 0.3) is 0 Å². The highest BCUT2D eigenvalue weighted by molar-refractivity contribution is 5.45. The molecule has 3 heteroatoms. The van der Waals surface area contributed by atoms with Gasteiger partial charge in [-0.3, -0.25) is 0 Å². The van der Waals surface area contributed by atoms with Crippen molar-refractivity contribution in [2.75, 3.05) is 18.5 Å². The van der Waals surface area contributed by atoms with E-state index in [0.717, 1.165) is 32.5 Å². The summed E-state index contributed by atoms with van der Waals surface area (Å²) in [5, 5.41) is 3.23. The Kier molecular flexibility index (Phi) is 3.56. The number of halogens is 1. The van der Waals surface area contributed by atoms with Gasteiger partial charge in [-0.1, -0.05) is 12.1 Å². The van der Waals surface area contributed by atoms with Gasteiger partial charge in [0.05, 0.1) is 5.69 Å². The Morgan fingerprint density at radius 2 is 2.07 bits per heavy atom. The number of nitrogens with one attached hydrogen (secondary N) is 1. The van der Waals surface area contributed by atoms with Gasteiger partial charge in [0.1, 0.15) is 5.82 Å². The van der Waals surface area contributed by atoms with Gasteiger partial charge in [0.25, 0.3) is 0 Å². The van der Waals surface area contributed by atoms with E-state index in [2.05, 4.69) is 5.32 Å². The lowest BCUT2D eigenvalue weighted by Crippen LogP contribution is -2.20. The fourth-order valence-corrected chi connectivity index (χ4v) is 1.85. The Bertz CT molecular complexity index is 308. The first-order valence-electron chi connectivity index (χ1n) is 5.45. The Balaban J connectivity index is 1.98. The minimum Gasteiger partial charge on any atom is -0.381 e. The van der Waals surface area contributed by atoms with Crippen LogP contribution in [0.4, 0.5) is 10.1 Å². The van der Waals surface area contributed by atoms with Crippen molar-refractivity contribution in [2.45, 2.75) is 25.3 Å². The molecule has 2 nitrogen and oxygen atoms in total. The summed E-state index contributed by atoms with van der Waals surface area (Å²) < 4.78 is 18.7. The van der Waals surface area contributed by atoms with Crippen molar-refractivity contribution >= 4 is 5.69 Å². The van der Waals surface area contributed by atoms with Crippen molar-refractivity contribution in [1.29, 1.82) is 0 Å². The minimum atomic E-state index is -0.178. The number of para-hydroxylation sites is 1. The van der Waals surface area contributed by atoms with Crippen molar-refractivity contribution in [3.05, 3.63) is 30.1 Å². The normalized spacial score (nSPS) is 22.1. The van der Waals surface area contributed by atoms with Gasteiger partial charge in [-0.2, -0.15) is 0 Å². The number of ether oxygens (including phenoxy) is 1. The zero-order valence-electron chi connectivity index (χ0n) is 8.71. The molecule has 1 aliphatic heterocycles. The number of benzene rings is 1. The lowest BCUT2D eigenvalue weighted by Gasteiger charge is -2.17. The fourth-order valence-electron chi connectivity index (χ4n) is 1.85. The standard InChI is InChI=1S/C12H16FNO/c13-11-5-1-2-6-12(11)14-10-4-3-8-15-9-7-10/h1-2,5-6,10,14H,3-4,7-9H2. The van der Waals surface area contributed by atoms with Crippen LogP contribution in [0, 0.1) is 5.82 Å². The van der Waals surface area contributed by atoms with E-state index in [1.54, 1.807) is 12.1 Å². The van der Waals surface area contributed by atoms with Crippen LogP contribution in [-0.2, 0) is 4.74 Å². The molecular weight excluding hydrogens is 193 g/mol. The van der Waals surface area contributed by atoms with Gasteiger partial charge >= 0.3 is 0 Å². The Morgan fingerprint density at radius 3 is 2.93 bits per heavy atom. The minimum absolute atomic E-state index is 0.178. The molecule has 0 aromatic heterocycles. The second kappa shape index (κ2) is 5.12. The summed E-state index contributed by atoms with van der Waals surface area (Å²) in [6, 6.07) is 7.15. The summed E-state index contributed by atoms with van der Waals surface area (Å²) in [6.07, 6.45) is 3.05. The molecule has 1 aromatic carbocycles. The summed E-state index contributed by atoms with van der Waals surface area (Å²) >= 11 is 0. The maximum absolute atomic E-state index is 13.4. The topological polar surface area (TPSA) is 21.3 Å². The van der Waals surface area contributed by atoms with Gasteiger partial charge in [-0.05, 0) is 31.4 Å². The predicted octanol–water partition coefficient (Wildman–Crippen LogP) is 2.81. The zero-order valence-corrected chi connectivity index (χ0v) is 8.71. The quantitative estimate of drug-likeness (QED) is 0.808. The molecule has 1 heterocycles. The van der Waals surface area contributed by atoms with Crippen molar-refractivity contribution in [3.8, 4) is 0 Å². The third-order valence-corrected chi connectivity index (χ3v) is 2.69. The molecule has 1 atom stereocenters. The first kappa shape index (κ1) is 10.4. The third-order valence-electron chi connectivity index (χ3n) is 2.69. The van der Waals surface area contributed by atoms with Crippen LogP contribution in [0.2, 0.25) is 0 Å². The van der Waals surface area contributed by atoms with Crippen LogP contribution in [0.5, 0.6) is 0 Å². The maximum atomic E-state index is 13.4. The second-order valence-electron chi connectivity index (χ2n) is 3.86. The number of rotatable bonds is 2. The third kappa shape index (κ3) is 2.93. The Labute approximate surface area is 89.4 Å². The number of hydrogen-bond donors (Lipinski definition) is 1. The zero-order chi connectivity index (χ0) is 10.5. The smallest absolute Gasteiger partial charge is 0.146 e. The molecular formula is C12H16FNO. The summed E-state index contributed by atoms with van der Waals surface area (Å²) in [4.78, 5) is 0. The van der Waals surface area contributed by atoms with Gasteiger partial charge in [0.2, 0.25) is 0 Å². The van der Waals surface area contributed by atoms with Gasteiger partial charge in [-0.15, -0.1) is 0 Å². The van der Waals surface area contributed by atoms with Crippen molar-refractivity contribution in [1.82, 2.24) is 0 Å². The van der Waals surface area contributed by atoms with Crippen molar-refractivity contribution < 1.29 is 9.13 Å². The SMILES string of the molecule is Fc1ccccc1NC1CCCOCC1. The van der Waals surface area contributed by atoms with Crippen molar-refractivity contribution in [2.24, 2.45) is 0 Å². The molecule has 1 saturated heterocycles. The van der Waals surface area contributed by atoms with Crippen LogP contribution in [0.1, 0.15) is 19.3 Å². The predicted molar refractivity (Wildman–Crippen MR) is 58.5 cm³/mol. The molecule has 1 aromatic rings. The Morgan fingerprint density at radius 1 is 1.20 bits per heavy atom. The second-order valence-corrected chi connectivity index (χ2v) is 3.86. The number of hydrogen-bond acceptors (Lipinski definition) is 2. The average molecular weight is 209 g/mol. The van der Waals surface area contributed by atoms with E-state index in [9.17, 15) is 4.39 Å². The molecule has 0 amide bonds. The molecule has 1 fully saturated rings. The average Bonchev–Trinajstić information content (AvgIpc) is 2.50. The lowest BCUT2D eigenvalue weighted by atomic mass is 10.1.